The molecule has 0 fully saturated rings. The maximum atomic E-state index is 12.3. The number of amides is 3. The summed E-state index contributed by atoms with van der Waals surface area (Å²) in [5, 5.41) is 4.00. The third-order valence-electron chi connectivity index (χ3n) is 1.99. The van der Waals surface area contributed by atoms with Crippen molar-refractivity contribution in [2.75, 3.05) is 11.2 Å². The van der Waals surface area contributed by atoms with Crippen molar-refractivity contribution in [3.63, 3.8) is 0 Å². The first-order valence-corrected chi connectivity index (χ1v) is 6.76. The van der Waals surface area contributed by atoms with Gasteiger partial charge in [0, 0.05) is 16.8 Å². The van der Waals surface area contributed by atoms with E-state index in [0.717, 1.165) is 6.07 Å². The van der Waals surface area contributed by atoms with E-state index in [9.17, 15) is 22.8 Å². The fraction of sp³-hybridized carbons (Fsp3) is 0.273. The summed E-state index contributed by atoms with van der Waals surface area (Å²) in [5.41, 5.74) is -0.244. The number of urea groups is 1. The van der Waals surface area contributed by atoms with Gasteiger partial charge in [0.2, 0.25) is 5.91 Å². The molecule has 3 amide bonds. The molecule has 0 atom stereocenters. The van der Waals surface area contributed by atoms with Crippen molar-refractivity contribution in [1.29, 1.82) is 0 Å². The van der Waals surface area contributed by atoms with Gasteiger partial charge in [-0.2, -0.15) is 0 Å². The van der Waals surface area contributed by atoms with E-state index in [1.54, 1.807) is 0 Å². The van der Waals surface area contributed by atoms with E-state index in [1.807, 2.05) is 5.32 Å². The molecule has 10 heteroatoms. The van der Waals surface area contributed by atoms with Crippen molar-refractivity contribution in [1.82, 2.24) is 5.32 Å². The van der Waals surface area contributed by atoms with Crippen LogP contribution in [-0.4, -0.2) is 24.2 Å². The van der Waals surface area contributed by atoms with Gasteiger partial charge in [0.25, 0.3) is 0 Å². The Labute approximate surface area is 130 Å². The minimum absolute atomic E-state index is 0.0137. The molecule has 0 bridgehead atoms. The Kier molecular flexibility index (Phi) is 6.28. The normalized spacial score (nSPS) is 10.9. The Bertz CT molecular complexity index is 540. The first-order valence-electron chi connectivity index (χ1n) is 5.43. The summed E-state index contributed by atoms with van der Waals surface area (Å²) in [6.45, 7) is 0. The standard InChI is InChI=1S/C11H9BrClF3N2O3/c12-6-1-2-7(8(5-6)21-11(14,15)16)17-10(20)18-9(19)3-4-13/h1-2,5H,3-4H2,(H2,17,18,19,20). The number of imide groups is 1. The molecule has 0 unspecified atom stereocenters. The molecule has 21 heavy (non-hydrogen) atoms. The number of carbonyl (C=O) groups excluding carboxylic acids is 2. The van der Waals surface area contributed by atoms with Crippen molar-refractivity contribution in [3.8, 4) is 5.75 Å². The fourth-order valence-corrected chi connectivity index (χ4v) is 1.75. The van der Waals surface area contributed by atoms with Crippen molar-refractivity contribution >= 4 is 45.2 Å². The van der Waals surface area contributed by atoms with Gasteiger partial charge in [-0.1, -0.05) is 15.9 Å². The minimum atomic E-state index is -4.91. The van der Waals surface area contributed by atoms with Crippen LogP contribution in [0.3, 0.4) is 0 Å². The van der Waals surface area contributed by atoms with Crippen molar-refractivity contribution < 1.29 is 27.5 Å². The number of rotatable bonds is 4. The zero-order chi connectivity index (χ0) is 16.0. The lowest BCUT2D eigenvalue weighted by Gasteiger charge is -2.14. The number of hydrogen-bond acceptors (Lipinski definition) is 3. The van der Waals surface area contributed by atoms with Crippen LogP contribution in [0.15, 0.2) is 22.7 Å². The number of carbonyl (C=O) groups is 2. The van der Waals surface area contributed by atoms with Crippen molar-refractivity contribution in [2.24, 2.45) is 0 Å². The van der Waals surface area contributed by atoms with Crippen LogP contribution in [0.5, 0.6) is 5.75 Å². The van der Waals surface area contributed by atoms with Gasteiger partial charge < -0.3 is 10.1 Å². The van der Waals surface area contributed by atoms with Crippen molar-refractivity contribution in [3.05, 3.63) is 22.7 Å². The summed E-state index contributed by atoms with van der Waals surface area (Å²) in [7, 11) is 0. The molecule has 0 aromatic heterocycles. The molecular formula is C11H9BrClF3N2O3. The smallest absolute Gasteiger partial charge is 0.404 e. The fourth-order valence-electron chi connectivity index (χ4n) is 1.24. The molecule has 0 aliphatic rings. The summed E-state index contributed by atoms with van der Waals surface area (Å²) >= 11 is 8.30. The highest BCUT2D eigenvalue weighted by atomic mass is 79.9. The van der Waals surface area contributed by atoms with Crippen LogP contribution >= 0.6 is 27.5 Å². The molecule has 116 valence electrons. The minimum Gasteiger partial charge on any atom is -0.404 e. The average Bonchev–Trinajstić information content (AvgIpc) is 2.30. The predicted molar refractivity (Wildman–Crippen MR) is 73.3 cm³/mol. The molecule has 0 radical (unpaired) electrons. The third-order valence-corrected chi connectivity index (χ3v) is 2.67. The lowest BCUT2D eigenvalue weighted by Crippen LogP contribution is -2.34. The van der Waals surface area contributed by atoms with Crippen LogP contribution in [0.1, 0.15) is 6.42 Å². The number of hydrogen-bond donors (Lipinski definition) is 2. The largest absolute Gasteiger partial charge is 0.573 e. The number of anilines is 1. The van der Waals surface area contributed by atoms with Gasteiger partial charge in [0.15, 0.2) is 5.75 Å². The van der Waals surface area contributed by atoms with E-state index in [-0.39, 0.29) is 18.0 Å². The van der Waals surface area contributed by atoms with E-state index < -0.39 is 24.1 Å². The van der Waals surface area contributed by atoms with Crippen LogP contribution in [-0.2, 0) is 4.79 Å². The van der Waals surface area contributed by atoms with Gasteiger partial charge in [0.1, 0.15) is 0 Å². The summed E-state index contributed by atoms with van der Waals surface area (Å²) in [4.78, 5) is 22.6. The van der Waals surface area contributed by atoms with Crippen LogP contribution in [0, 0.1) is 0 Å². The quantitative estimate of drug-likeness (QED) is 0.773. The van der Waals surface area contributed by atoms with Crippen LogP contribution in [0.2, 0.25) is 0 Å². The number of halogens is 5. The molecule has 5 nitrogen and oxygen atoms in total. The van der Waals surface area contributed by atoms with Gasteiger partial charge >= 0.3 is 12.4 Å². The van der Waals surface area contributed by atoms with E-state index in [1.165, 1.54) is 12.1 Å². The topological polar surface area (TPSA) is 67.4 Å². The first-order chi connectivity index (χ1) is 9.71. The van der Waals surface area contributed by atoms with Gasteiger partial charge in [-0.3, -0.25) is 10.1 Å². The van der Waals surface area contributed by atoms with Gasteiger partial charge in [-0.15, -0.1) is 24.8 Å². The van der Waals surface area contributed by atoms with Gasteiger partial charge in [0.05, 0.1) is 5.69 Å². The van der Waals surface area contributed by atoms with Gasteiger partial charge in [-0.25, -0.2) is 4.79 Å². The average molecular weight is 390 g/mol. The number of benzene rings is 1. The molecule has 0 heterocycles. The maximum absolute atomic E-state index is 12.3. The lowest BCUT2D eigenvalue weighted by atomic mass is 10.3. The highest BCUT2D eigenvalue weighted by molar-refractivity contribution is 9.10. The summed E-state index contributed by atoms with van der Waals surface area (Å²) in [5.74, 6) is -1.26. The Hall–Kier alpha value is -1.48. The second-order valence-corrected chi connectivity index (χ2v) is 4.92. The van der Waals surface area contributed by atoms with E-state index in [2.05, 4.69) is 26.0 Å². The summed E-state index contributed by atoms with van der Waals surface area (Å²) in [6, 6.07) is 2.64. The lowest BCUT2D eigenvalue weighted by molar-refractivity contribution is -0.274. The number of nitrogens with one attached hydrogen (secondary N) is 2. The molecule has 2 N–H and O–H groups in total. The van der Waals surface area contributed by atoms with Crippen LogP contribution in [0.4, 0.5) is 23.7 Å². The molecular weight excluding hydrogens is 380 g/mol. The SMILES string of the molecule is O=C(CCCl)NC(=O)Nc1ccc(Br)cc1OC(F)(F)F. The highest BCUT2D eigenvalue weighted by Gasteiger charge is 2.32. The Morgan fingerprint density at radius 1 is 1.33 bits per heavy atom. The van der Waals surface area contributed by atoms with Crippen LogP contribution < -0.4 is 15.4 Å². The maximum Gasteiger partial charge on any atom is 0.573 e. The summed E-state index contributed by atoms with van der Waals surface area (Å²) < 4.78 is 40.9. The van der Waals surface area contributed by atoms with E-state index >= 15 is 0 Å². The molecule has 1 aromatic carbocycles. The Balaban J connectivity index is 2.82. The first kappa shape index (κ1) is 17.6. The second kappa shape index (κ2) is 7.51. The Morgan fingerprint density at radius 2 is 2.00 bits per heavy atom. The Morgan fingerprint density at radius 3 is 2.57 bits per heavy atom. The highest BCUT2D eigenvalue weighted by Crippen LogP contribution is 2.32. The second-order valence-electron chi connectivity index (χ2n) is 3.63. The molecule has 0 saturated carbocycles. The molecule has 0 saturated heterocycles. The number of ether oxygens (including phenoxy) is 1. The van der Waals surface area contributed by atoms with Gasteiger partial charge in [-0.05, 0) is 18.2 Å². The zero-order valence-electron chi connectivity index (χ0n) is 10.3. The molecule has 1 rings (SSSR count). The van der Waals surface area contributed by atoms with E-state index in [4.69, 9.17) is 11.6 Å². The van der Waals surface area contributed by atoms with E-state index in [0.29, 0.717) is 4.47 Å². The summed E-state index contributed by atoms with van der Waals surface area (Å²) in [6.07, 6.45) is -5.01. The number of alkyl halides is 4. The van der Waals surface area contributed by atoms with Crippen LogP contribution in [0.25, 0.3) is 0 Å². The third kappa shape index (κ3) is 6.67. The monoisotopic (exact) mass is 388 g/mol. The molecule has 0 aliphatic carbocycles. The molecule has 0 spiro atoms. The zero-order valence-corrected chi connectivity index (χ0v) is 12.6. The molecule has 1 aromatic rings. The van der Waals surface area contributed by atoms with Crippen molar-refractivity contribution in [2.45, 2.75) is 12.8 Å². The molecule has 0 aliphatic heterocycles. The predicted octanol–water partition coefficient (Wildman–Crippen LogP) is 3.62.